The number of rotatable bonds is 5. The summed E-state index contributed by atoms with van der Waals surface area (Å²) in [4.78, 5) is 24.7. The number of benzene rings is 2. The molecule has 0 aliphatic carbocycles. The van der Waals surface area contributed by atoms with Gasteiger partial charge in [0.15, 0.2) is 5.75 Å². The number of hydrogen-bond donors (Lipinski definition) is 1. The van der Waals surface area contributed by atoms with Crippen LogP contribution >= 0.6 is 11.8 Å². The Balaban J connectivity index is 2.11. The summed E-state index contributed by atoms with van der Waals surface area (Å²) in [6.07, 6.45) is 2.62. The number of ether oxygens (including phenoxy) is 2. The van der Waals surface area contributed by atoms with Crippen LogP contribution in [0.5, 0.6) is 5.75 Å². The number of esters is 2. The molecule has 0 bridgehead atoms. The van der Waals surface area contributed by atoms with Crippen molar-refractivity contribution in [2.24, 2.45) is 0 Å². The van der Waals surface area contributed by atoms with Crippen LogP contribution in [0.15, 0.2) is 30.3 Å². The van der Waals surface area contributed by atoms with Crippen LogP contribution in [0.3, 0.4) is 0 Å². The van der Waals surface area contributed by atoms with Crippen LogP contribution in [0.1, 0.15) is 23.7 Å². The maximum Gasteiger partial charge on any atom is 0.340 e. The van der Waals surface area contributed by atoms with Crippen molar-refractivity contribution in [1.29, 1.82) is 0 Å². The lowest BCUT2D eigenvalue weighted by atomic mass is 10.0. The number of carbonyl (C=O) groups is 2. The van der Waals surface area contributed by atoms with Crippen LogP contribution in [0, 0.1) is 0 Å². The lowest BCUT2D eigenvalue weighted by Gasteiger charge is -2.28. The summed E-state index contributed by atoms with van der Waals surface area (Å²) in [5.41, 5.74) is 0.935. The van der Waals surface area contributed by atoms with Crippen molar-refractivity contribution < 1.29 is 19.1 Å². The zero-order chi connectivity index (χ0) is 17.1. The summed E-state index contributed by atoms with van der Waals surface area (Å²) >= 11 is 1.66. The first-order chi connectivity index (χ1) is 11.7. The largest absolute Gasteiger partial charge is 0.462 e. The van der Waals surface area contributed by atoms with Crippen molar-refractivity contribution in [3.05, 3.63) is 35.9 Å². The summed E-state index contributed by atoms with van der Waals surface area (Å²) in [7, 11) is 0. The zero-order valence-corrected chi connectivity index (χ0v) is 14.4. The maximum atomic E-state index is 12.4. The van der Waals surface area contributed by atoms with Gasteiger partial charge in [0, 0.05) is 5.39 Å². The van der Waals surface area contributed by atoms with E-state index >= 15 is 0 Å². The Bertz CT molecular complexity index is 790. The molecule has 0 aromatic heterocycles. The van der Waals surface area contributed by atoms with Crippen molar-refractivity contribution in [2.75, 3.05) is 23.9 Å². The molecule has 1 aliphatic rings. The normalized spacial score (nSPS) is 16.2. The predicted octanol–water partition coefficient (Wildman–Crippen LogP) is 3.47. The maximum absolute atomic E-state index is 12.4. The monoisotopic (exact) mass is 345 g/mol. The molecule has 6 heteroatoms. The quantitative estimate of drug-likeness (QED) is 0.661. The van der Waals surface area contributed by atoms with Gasteiger partial charge in [-0.1, -0.05) is 24.3 Å². The van der Waals surface area contributed by atoms with Crippen LogP contribution < -0.4 is 10.1 Å². The number of nitrogens with one attached hydrogen (secondary N) is 1. The number of carbonyl (C=O) groups excluding carboxylic acids is 2. The minimum absolute atomic E-state index is 0.288. The summed E-state index contributed by atoms with van der Waals surface area (Å²) in [6.45, 7) is 2.05. The number of thioether (sulfide) groups is 1. The molecule has 1 aliphatic heterocycles. The van der Waals surface area contributed by atoms with E-state index in [0.29, 0.717) is 23.4 Å². The highest BCUT2D eigenvalue weighted by atomic mass is 32.2. The molecular weight excluding hydrogens is 326 g/mol. The van der Waals surface area contributed by atoms with Gasteiger partial charge in [-0.05, 0) is 36.8 Å². The van der Waals surface area contributed by atoms with Gasteiger partial charge in [-0.3, -0.25) is 0 Å². The molecule has 1 heterocycles. The van der Waals surface area contributed by atoms with Gasteiger partial charge in [-0.15, -0.1) is 0 Å². The van der Waals surface area contributed by atoms with Crippen molar-refractivity contribution in [2.45, 2.75) is 19.4 Å². The first-order valence-electron chi connectivity index (χ1n) is 7.85. The van der Waals surface area contributed by atoms with Crippen molar-refractivity contribution in [3.63, 3.8) is 0 Å². The Labute approximate surface area is 144 Å². The highest BCUT2D eigenvalue weighted by Crippen LogP contribution is 2.40. The molecule has 0 unspecified atom stereocenters. The Morgan fingerprint density at radius 1 is 1.38 bits per heavy atom. The van der Waals surface area contributed by atoms with Gasteiger partial charge >= 0.3 is 11.9 Å². The average molecular weight is 345 g/mol. The van der Waals surface area contributed by atoms with E-state index in [9.17, 15) is 9.59 Å². The van der Waals surface area contributed by atoms with Crippen molar-refractivity contribution in [3.8, 4) is 5.75 Å². The van der Waals surface area contributed by atoms with E-state index in [4.69, 9.17) is 9.47 Å². The number of fused-ring (bicyclic) bond motifs is 3. The predicted molar refractivity (Wildman–Crippen MR) is 95.9 cm³/mol. The molecule has 2 aromatic carbocycles. The Hall–Kier alpha value is -2.21. The summed E-state index contributed by atoms with van der Waals surface area (Å²) in [5.74, 6) is 0.488. The molecule has 1 N–H and O–H groups in total. The number of anilines is 1. The highest BCUT2D eigenvalue weighted by Gasteiger charge is 2.32. The SMILES string of the molecule is CCOC(=O)c1cc2ccccc2c2c1N[C@H](CCSC)C(=O)O2. The van der Waals surface area contributed by atoms with Crippen LogP contribution in [0.25, 0.3) is 10.8 Å². The Morgan fingerprint density at radius 2 is 2.17 bits per heavy atom. The van der Waals surface area contributed by atoms with E-state index in [1.54, 1.807) is 24.8 Å². The minimum atomic E-state index is -0.459. The first kappa shape index (κ1) is 16.6. The lowest BCUT2D eigenvalue weighted by Crippen LogP contribution is -2.38. The van der Waals surface area contributed by atoms with Gasteiger partial charge in [0.25, 0.3) is 0 Å². The van der Waals surface area contributed by atoms with Crippen molar-refractivity contribution in [1.82, 2.24) is 0 Å². The van der Waals surface area contributed by atoms with Crippen molar-refractivity contribution >= 4 is 40.2 Å². The molecule has 2 aromatic rings. The Kier molecular flexibility index (Phi) is 4.94. The van der Waals surface area contributed by atoms with Gasteiger partial charge in [0.1, 0.15) is 6.04 Å². The summed E-state index contributed by atoms with van der Waals surface area (Å²) < 4.78 is 10.8. The van der Waals surface area contributed by atoms with Crippen LogP contribution in [-0.4, -0.2) is 36.6 Å². The number of hydrogen-bond acceptors (Lipinski definition) is 6. The second kappa shape index (κ2) is 7.13. The van der Waals surface area contributed by atoms with E-state index in [2.05, 4.69) is 5.32 Å². The standard InChI is InChI=1S/C18H19NO4S/c1-3-22-17(20)13-10-11-6-4-5-7-12(11)16-15(13)19-14(8-9-24-2)18(21)23-16/h4-7,10,14,19H,3,8-9H2,1-2H3/t14-/m1/s1. The fourth-order valence-corrected chi connectivity index (χ4v) is 3.24. The minimum Gasteiger partial charge on any atom is -0.462 e. The van der Waals surface area contributed by atoms with Gasteiger partial charge in [0.2, 0.25) is 0 Å². The van der Waals surface area contributed by atoms with Gasteiger partial charge in [-0.2, -0.15) is 11.8 Å². The van der Waals surface area contributed by atoms with E-state index in [1.807, 2.05) is 30.5 Å². The van der Waals surface area contributed by atoms with E-state index in [1.165, 1.54) is 0 Å². The van der Waals surface area contributed by atoms with E-state index in [0.717, 1.165) is 16.5 Å². The fourth-order valence-electron chi connectivity index (χ4n) is 2.76. The molecule has 1 atom stereocenters. The molecule has 0 radical (unpaired) electrons. The molecule has 24 heavy (non-hydrogen) atoms. The molecule has 0 saturated heterocycles. The molecule has 0 amide bonds. The highest BCUT2D eigenvalue weighted by molar-refractivity contribution is 7.98. The van der Waals surface area contributed by atoms with E-state index in [-0.39, 0.29) is 12.6 Å². The molecule has 0 saturated carbocycles. The van der Waals surface area contributed by atoms with Crippen LogP contribution in [0.2, 0.25) is 0 Å². The van der Waals surface area contributed by atoms with Gasteiger partial charge in [-0.25, -0.2) is 9.59 Å². The third-order valence-electron chi connectivity index (χ3n) is 3.91. The molecule has 5 nitrogen and oxygen atoms in total. The molecule has 0 fully saturated rings. The third kappa shape index (κ3) is 3.06. The molecule has 126 valence electrons. The lowest BCUT2D eigenvalue weighted by molar-refractivity contribution is -0.135. The third-order valence-corrected chi connectivity index (χ3v) is 4.56. The second-order valence-corrected chi connectivity index (χ2v) is 6.45. The first-order valence-corrected chi connectivity index (χ1v) is 9.25. The van der Waals surface area contributed by atoms with E-state index < -0.39 is 12.0 Å². The molecule has 0 spiro atoms. The summed E-state index contributed by atoms with van der Waals surface area (Å²) in [5, 5.41) is 4.82. The second-order valence-electron chi connectivity index (χ2n) is 5.47. The molecular formula is C18H19NO4S. The average Bonchev–Trinajstić information content (AvgIpc) is 2.59. The van der Waals surface area contributed by atoms with Crippen LogP contribution in [0.4, 0.5) is 5.69 Å². The summed E-state index contributed by atoms with van der Waals surface area (Å²) in [6, 6.07) is 8.83. The fraction of sp³-hybridized carbons (Fsp3) is 0.333. The van der Waals surface area contributed by atoms with Gasteiger partial charge < -0.3 is 14.8 Å². The smallest absolute Gasteiger partial charge is 0.340 e. The van der Waals surface area contributed by atoms with Crippen LogP contribution in [-0.2, 0) is 9.53 Å². The zero-order valence-electron chi connectivity index (χ0n) is 13.6. The molecule has 3 rings (SSSR count). The topological polar surface area (TPSA) is 64.6 Å². The Morgan fingerprint density at radius 3 is 2.92 bits per heavy atom. The van der Waals surface area contributed by atoms with Gasteiger partial charge in [0.05, 0.1) is 17.9 Å².